The molecule has 1 rings (SSSR count). The van der Waals surface area contributed by atoms with Crippen LogP contribution in [0.25, 0.3) is 0 Å². The van der Waals surface area contributed by atoms with Crippen LogP contribution in [0.5, 0.6) is 11.5 Å². The summed E-state index contributed by atoms with van der Waals surface area (Å²) in [5, 5.41) is 10.5. The molecule has 0 aliphatic heterocycles. The zero-order valence-corrected chi connectivity index (χ0v) is 9.60. The van der Waals surface area contributed by atoms with E-state index in [4.69, 9.17) is 9.47 Å². The summed E-state index contributed by atoms with van der Waals surface area (Å²) in [5.74, 6) is 1.22. The van der Waals surface area contributed by atoms with Gasteiger partial charge in [-0.15, -0.1) is 0 Å². The minimum Gasteiger partial charge on any atom is -0.493 e. The zero-order valence-electron chi connectivity index (χ0n) is 9.60. The highest BCUT2D eigenvalue weighted by atomic mass is 16.6. The number of methoxy groups -OCH3 is 2. The maximum Gasteiger partial charge on any atom is 0.214 e. The van der Waals surface area contributed by atoms with E-state index in [0.717, 1.165) is 5.56 Å². The van der Waals surface area contributed by atoms with Crippen LogP contribution in [0.3, 0.4) is 0 Å². The van der Waals surface area contributed by atoms with Gasteiger partial charge in [0, 0.05) is 18.3 Å². The fourth-order valence-corrected chi connectivity index (χ4v) is 1.42. The van der Waals surface area contributed by atoms with Gasteiger partial charge in [-0.25, -0.2) is 0 Å². The van der Waals surface area contributed by atoms with Crippen LogP contribution in [0.15, 0.2) is 18.2 Å². The summed E-state index contributed by atoms with van der Waals surface area (Å²) in [6, 6.07) is 4.72. The minimum atomic E-state index is -0.599. The van der Waals surface area contributed by atoms with Crippen molar-refractivity contribution in [2.45, 2.75) is 19.4 Å². The van der Waals surface area contributed by atoms with Gasteiger partial charge in [0.2, 0.25) is 6.04 Å². The first kappa shape index (κ1) is 12.3. The first-order valence-corrected chi connectivity index (χ1v) is 4.93. The molecule has 0 radical (unpaired) electrons. The van der Waals surface area contributed by atoms with E-state index in [2.05, 4.69) is 0 Å². The van der Waals surface area contributed by atoms with E-state index in [1.54, 1.807) is 39.3 Å². The molecule has 5 heteroatoms. The second kappa shape index (κ2) is 5.34. The summed E-state index contributed by atoms with van der Waals surface area (Å²) in [6.45, 7) is 1.58. The zero-order chi connectivity index (χ0) is 12.1. The lowest BCUT2D eigenvalue weighted by molar-refractivity contribution is -0.517. The van der Waals surface area contributed by atoms with Crippen LogP contribution in [0.2, 0.25) is 0 Å². The molecule has 0 saturated carbocycles. The average molecular weight is 225 g/mol. The largest absolute Gasteiger partial charge is 0.493 e. The first-order valence-electron chi connectivity index (χ1n) is 4.93. The van der Waals surface area contributed by atoms with E-state index in [-0.39, 0.29) is 4.92 Å². The molecule has 16 heavy (non-hydrogen) atoms. The number of benzene rings is 1. The van der Waals surface area contributed by atoms with Crippen molar-refractivity contribution in [2.75, 3.05) is 14.2 Å². The average Bonchev–Trinajstić information content (AvgIpc) is 2.28. The highest BCUT2D eigenvalue weighted by Crippen LogP contribution is 2.28. The highest BCUT2D eigenvalue weighted by Gasteiger charge is 2.14. The molecule has 1 atom stereocenters. The van der Waals surface area contributed by atoms with Gasteiger partial charge in [-0.2, -0.15) is 0 Å². The summed E-state index contributed by atoms with van der Waals surface area (Å²) in [5.41, 5.74) is 0.863. The third-order valence-corrected chi connectivity index (χ3v) is 2.34. The van der Waals surface area contributed by atoms with Crippen molar-refractivity contribution >= 4 is 0 Å². The number of ether oxygens (including phenoxy) is 2. The Bertz CT molecular complexity index is 378. The first-order chi connectivity index (χ1) is 7.58. The van der Waals surface area contributed by atoms with Gasteiger partial charge in [-0.1, -0.05) is 6.07 Å². The van der Waals surface area contributed by atoms with Crippen LogP contribution in [0, 0.1) is 10.1 Å². The third-order valence-electron chi connectivity index (χ3n) is 2.34. The Morgan fingerprint density at radius 1 is 1.31 bits per heavy atom. The Kier molecular flexibility index (Phi) is 4.10. The van der Waals surface area contributed by atoms with Crippen LogP contribution in [0.4, 0.5) is 0 Å². The molecule has 0 saturated heterocycles. The summed E-state index contributed by atoms with van der Waals surface area (Å²) in [4.78, 5) is 10.2. The normalized spacial score (nSPS) is 11.9. The van der Waals surface area contributed by atoms with E-state index < -0.39 is 6.04 Å². The topological polar surface area (TPSA) is 61.6 Å². The number of hydrogen-bond donors (Lipinski definition) is 0. The molecule has 0 unspecified atom stereocenters. The number of nitrogens with zero attached hydrogens (tertiary/aromatic N) is 1. The molecule has 0 bridgehead atoms. The van der Waals surface area contributed by atoms with Gasteiger partial charge in [0.15, 0.2) is 11.5 Å². The molecule has 0 aliphatic carbocycles. The number of rotatable bonds is 5. The minimum absolute atomic E-state index is 0.295. The van der Waals surface area contributed by atoms with Gasteiger partial charge < -0.3 is 9.47 Å². The molecule has 0 heterocycles. The van der Waals surface area contributed by atoms with Crippen molar-refractivity contribution < 1.29 is 14.4 Å². The second-order valence-electron chi connectivity index (χ2n) is 3.53. The van der Waals surface area contributed by atoms with E-state index >= 15 is 0 Å². The molecular formula is C11H15NO4. The molecule has 5 nitrogen and oxygen atoms in total. The fraction of sp³-hybridized carbons (Fsp3) is 0.455. The summed E-state index contributed by atoms with van der Waals surface area (Å²) >= 11 is 0. The highest BCUT2D eigenvalue weighted by molar-refractivity contribution is 5.42. The lowest BCUT2D eigenvalue weighted by atomic mass is 10.1. The van der Waals surface area contributed by atoms with E-state index in [1.807, 2.05) is 0 Å². The van der Waals surface area contributed by atoms with Crippen LogP contribution >= 0.6 is 0 Å². The summed E-state index contributed by atoms with van der Waals surface area (Å²) < 4.78 is 10.2. The monoisotopic (exact) mass is 225 g/mol. The van der Waals surface area contributed by atoms with Gasteiger partial charge >= 0.3 is 0 Å². The van der Waals surface area contributed by atoms with Gasteiger partial charge in [0.25, 0.3) is 0 Å². The lowest BCUT2D eigenvalue weighted by Gasteiger charge is -2.10. The Hall–Kier alpha value is -1.78. The van der Waals surface area contributed by atoms with Crippen molar-refractivity contribution in [3.8, 4) is 11.5 Å². The fourth-order valence-electron chi connectivity index (χ4n) is 1.42. The second-order valence-corrected chi connectivity index (χ2v) is 3.53. The van der Waals surface area contributed by atoms with Crippen LogP contribution < -0.4 is 9.47 Å². The number of nitro groups is 1. The van der Waals surface area contributed by atoms with Gasteiger partial charge in [-0.3, -0.25) is 10.1 Å². The Balaban J connectivity index is 2.86. The standard InChI is InChI=1S/C11H15NO4/c1-8(12(13)14)6-9-4-5-10(15-2)11(7-9)16-3/h4-5,7-8H,6H2,1-3H3/t8-/m1/s1. The third kappa shape index (κ3) is 2.85. The molecule has 0 aromatic heterocycles. The molecule has 0 fully saturated rings. The van der Waals surface area contributed by atoms with Crippen LogP contribution in [0.1, 0.15) is 12.5 Å². The predicted octanol–water partition coefficient (Wildman–Crippen LogP) is 1.91. The van der Waals surface area contributed by atoms with Gasteiger partial charge in [0.05, 0.1) is 14.2 Å². The lowest BCUT2D eigenvalue weighted by Crippen LogP contribution is -2.17. The quantitative estimate of drug-likeness (QED) is 0.567. The molecule has 88 valence electrons. The summed E-state index contributed by atoms with van der Waals surface area (Å²) in [6.07, 6.45) is 0.382. The Morgan fingerprint density at radius 2 is 1.94 bits per heavy atom. The number of hydrogen-bond acceptors (Lipinski definition) is 4. The molecule has 0 spiro atoms. The van der Waals surface area contributed by atoms with Crippen molar-refractivity contribution in [1.82, 2.24) is 0 Å². The maximum absolute atomic E-state index is 10.5. The van der Waals surface area contributed by atoms with Crippen LogP contribution in [-0.2, 0) is 6.42 Å². The SMILES string of the molecule is COc1ccc(C[C@@H](C)[N+](=O)[O-])cc1OC. The molecule has 0 amide bonds. The van der Waals surface area contributed by atoms with E-state index in [1.165, 1.54) is 0 Å². The van der Waals surface area contributed by atoms with E-state index in [9.17, 15) is 10.1 Å². The maximum atomic E-state index is 10.5. The van der Waals surface area contributed by atoms with Crippen molar-refractivity contribution in [3.63, 3.8) is 0 Å². The van der Waals surface area contributed by atoms with E-state index in [0.29, 0.717) is 17.9 Å². The van der Waals surface area contributed by atoms with Crippen molar-refractivity contribution in [1.29, 1.82) is 0 Å². The molecule has 1 aromatic rings. The molecular weight excluding hydrogens is 210 g/mol. The molecule has 0 N–H and O–H groups in total. The molecule has 0 aliphatic rings. The predicted molar refractivity (Wildman–Crippen MR) is 59.7 cm³/mol. The van der Waals surface area contributed by atoms with Gasteiger partial charge in [0.1, 0.15) is 0 Å². The van der Waals surface area contributed by atoms with Crippen molar-refractivity contribution in [3.05, 3.63) is 33.9 Å². The smallest absolute Gasteiger partial charge is 0.214 e. The Labute approximate surface area is 94.1 Å². The van der Waals surface area contributed by atoms with Crippen molar-refractivity contribution in [2.24, 2.45) is 0 Å². The van der Waals surface area contributed by atoms with Crippen LogP contribution in [-0.4, -0.2) is 25.2 Å². The summed E-state index contributed by atoms with van der Waals surface area (Å²) in [7, 11) is 3.09. The van der Waals surface area contributed by atoms with Gasteiger partial charge in [-0.05, 0) is 17.7 Å². The Morgan fingerprint density at radius 3 is 2.44 bits per heavy atom. The molecule has 1 aromatic carbocycles.